The summed E-state index contributed by atoms with van der Waals surface area (Å²) in [6, 6.07) is 0. The zero-order valence-electron chi connectivity index (χ0n) is 8.14. The summed E-state index contributed by atoms with van der Waals surface area (Å²) in [6.07, 6.45) is 8.12. The summed E-state index contributed by atoms with van der Waals surface area (Å²) < 4.78 is 0. The topological polar surface area (TPSA) is 29.1 Å². The van der Waals surface area contributed by atoms with Crippen LogP contribution < -0.4 is 5.32 Å². The summed E-state index contributed by atoms with van der Waals surface area (Å²) in [5.74, 6) is 0.00259. The first kappa shape index (κ1) is 12.4. The summed E-state index contributed by atoms with van der Waals surface area (Å²) in [7, 11) is 0. The van der Waals surface area contributed by atoms with Gasteiger partial charge >= 0.3 is 0 Å². The van der Waals surface area contributed by atoms with E-state index in [4.69, 9.17) is 0 Å². The highest BCUT2D eigenvalue weighted by Crippen LogP contribution is 2.06. The summed E-state index contributed by atoms with van der Waals surface area (Å²) in [5.41, 5.74) is 0.917. The van der Waals surface area contributed by atoms with Gasteiger partial charge in [-0.2, -0.15) is 0 Å². The molecule has 74 valence electrons. The van der Waals surface area contributed by atoms with E-state index in [9.17, 15) is 4.79 Å². The number of alkyl halides is 1. The molecule has 0 saturated carbocycles. The lowest BCUT2D eigenvalue weighted by Crippen LogP contribution is -2.23. The van der Waals surface area contributed by atoms with Crippen LogP contribution in [-0.4, -0.2) is 11.2 Å². The molecule has 0 aromatic heterocycles. The Bertz CT molecular complexity index is 209. The van der Waals surface area contributed by atoms with Crippen LogP contribution in [0.2, 0.25) is 0 Å². The summed E-state index contributed by atoms with van der Waals surface area (Å²) >= 11 is 3.08. The average molecular weight is 246 g/mol. The van der Waals surface area contributed by atoms with Crippen molar-refractivity contribution >= 4 is 21.8 Å². The molecule has 0 aliphatic heterocycles. The number of rotatable bonds is 2. The van der Waals surface area contributed by atoms with Crippen molar-refractivity contribution in [1.82, 2.24) is 5.32 Å². The molecule has 1 rings (SSSR count). The molecule has 2 nitrogen and oxygen atoms in total. The fourth-order valence-electron chi connectivity index (χ4n) is 0.900. The third-order valence-corrected chi connectivity index (χ3v) is 1.91. The minimum atomic E-state index is 0.00259. The Morgan fingerprint density at radius 2 is 2.23 bits per heavy atom. The maximum atomic E-state index is 10.8. The molecular weight excluding hydrogens is 230 g/mol. The van der Waals surface area contributed by atoms with Crippen LogP contribution in [0.3, 0.4) is 0 Å². The first-order chi connectivity index (χ1) is 6.33. The molecule has 0 saturated heterocycles. The van der Waals surface area contributed by atoms with E-state index in [1.54, 1.807) is 0 Å². The van der Waals surface area contributed by atoms with Gasteiger partial charge in [-0.05, 0) is 18.9 Å². The van der Waals surface area contributed by atoms with Crippen LogP contribution in [0.1, 0.15) is 26.7 Å². The van der Waals surface area contributed by atoms with Crippen molar-refractivity contribution in [3.05, 3.63) is 23.9 Å². The zero-order chi connectivity index (χ0) is 10.1. The highest BCUT2D eigenvalue weighted by molar-refractivity contribution is 9.09. The number of hydrogen-bond acceptors (Lipinski definition) is 1. The molecule has 0 aromatic rings. The van der Waals surface area contributed by atoms with Crippen LogP contribution in [0.4, 0.5) is 0 Å². The molecule has 1 N–H and O–H groups in total. The van der Waals surface area contributed by atoms with E-state index >= 15 is 0 Å². The van der Waals surface area contributed by atoms with Crippen molar-refractivity contribution in [2.45, 2.75) is 26.7 Å². The van der Waals surface area contributed by atoms with Gasteiger partial charge in [0.1, 0.15) is 0 Å². The SMILES string of the molecule is CC.O=C(CBr)NC1=CCCC=C1. The van der Waals surface area contributed by atoms with Crippen LogP contribution in [0.15, 0.2) is 23.9 Å². The van der Waals surface area contributed by atoms with Gasteiger partial charge in [-0.15, -0.1) is 0 Å². The van der Waals surface area contributed by atoms with Crippen LogP contribution in [0.5, 0.6) is 0 Å². The number of carbonyl (C=O) groups excluding carboxylic acids is 1. The van der Waals surface area contributed by atoms with Crippen LogP contribution in [0, 0.1) is 0 Å². The number of carbonyl (C=O) groups is 1. The van der Waals surface area contributed by atoms with Gasteiger partial charge < -0.3 is 5.32 Å². The van der Waals surface area contributed by atoms with Crippen LogP contribution in [0.25, 0.3) is 0 Å². The number of amides is 1. The molecule has 13 heavy (non-hydrogen) atoms. The van der Waals surface area contributed by atoms with Gasteiger partial charge in [0, 0.05) is 5.70 Å². The fourth-order valence-corrected chi connectivity index (χ4v) is 1.04. The zero-order valence-corrected chi connectivity index (χ0v) is 9.73. The molecule has 0 fully saturated rings. The quantitative estimate of drug-likeness (QED) is 0.746. The molecule has 0 atom stereocenters. The highest BCUT2D eigenvalue weighted by atomic mass is 79.9. The summed E-state index contributed by atoms with van der Waals surface area (Å²) in [5, 5.41) is 3.12. The Kier molecular flexibility index (Phi) is 7.69. The predicted octanol–water partition coefficient (Wildman–Crippen LogP) is 2.76. The van der Waals surface area contributed by atoms with Gasteiger partial charge in [-0.3, -0.25) is 4.79 Å². The number of allylic oxidation sites excluding steroid dienone is 3. The number of halogens is 1. The van der Waals surface area contributed by atoms with Gasteiger partial charge in [0.2, 0.25) is 5.91 Å². The van der Waals surface area contributed by atoms with Gasteiger partial charge in [0.15, 0.2) is 0 Å². The fraction of sp³-hybridized carbons (Fsp3) is 0.500. The van der Waals surface area contributed by atoms with Gasteiger partial charge in [0.05, 0.1) is 5.33 Å². The second kappa shape index (κ2) is 8.05. The third-order valence-electron chi connectivity index (χ3n) is 1.40. The van der Waals surface area contributed by atoms with Gasteiger partial charge in [-0.25, -0.2) is 0 Å². The maximum absolute atomic E-state index is 10.8. The lowest BCUT2D eigenvalue weighted by atomic mass is 10.1. The van der Waals surface area contributed by atoms with Gasteiger partial charge in [0.25, 0.3) is 0 Å². The second-order valence-corrected chi connectivity index (χ2v) is 2.88. The maximum Gasteiger partial charge on any atom is 0.235 e. The van der Waals surface area contributed by atoms with E-state index in [1.165, 1.54) is 0 Å². The molecule has 1 aliphatic carbocycles. The molecule has 0 unspecified atom stereocenters. The third kappa shape index (κ3) is 5.64. The Balaban J connectivity index is 0.000000671. The Morgan fingerprint density at radius 1 is 1.54 bits per heavy atom. The van der Waals surface area contributed by atoms with Crippen molar-refractivity contribution in [3.63, 3.8) is 0 Å². The van der Waals surface area contributed by atoms with Crippen molar-refractivity contribution < 1.29 is 4.79 Å². The van der Waals surface area contributed by atoms with Crippen LogP contribution >= 0.6 is 15.9 Å². The Labute approximate surface area is 88.2 Å². The van der Waals surface area contributed by atoms with Crippen molar-refractivity contribution in [3.8, 4) is 0 Å². The minimum Gasteiger partial charge on any atom is -0.326 e. The molecule has 1 amide bonds. The monoisotopic (exact) mass is 245 g/mol. The van der Waals surface area contributed by atoms with E-state index in [-0.39, 0.29) is 5.91 Å². The number of nitrogens with one attached hydrogen (secondary N) is 1. The van der Waals surface area contributed by atoms with E-state index in [0.717, 1.165) is 18.5 Å². The molecule has 0 bridgehead atoms. The first-order valence-electron chi connectivity index (χ1n) is 4.55. The largest absolute Gasteiger partial charge is 0.326 e. The summed E-state index contributed by atoms with van der Waals surface area (Å²) in [6.45, 7) is 4.00. The van der Waals surface area contributed by atoms with E-state index < -0.39 is 0 Å². The lowest BCUT2D eigenvalue weighted by Gasteiger charge is -2.06. The minimum absolute atomic E-state index is 0.00259. The standard InChI is InChI=1S/C8H10BrNO.C2H6/c9-6-8(11)10-7-4-2-1-3-5-7;1-2/h2,4-5H,1,3,6H2,(H,10,11);1-2H3. The predicted molar refractivity (Wildman–Crippen MR) is 59.7 cm³/mol. The van der Waals surface area contributed by atoms with Crippen LogP contribution in [-0.2, 0) is 4.79 Å². The van der Waals surface area contributed by atoms with Crippen molar-refractivity contribution in [1.29, 1.82) is 0 Å². The Morgan fingerprint density at radius 3 is 2.69 bits per heavy atom. The molecule has 1 aliphatic rings. The van der Waals surface area contributed by atoms with Gasteiger partial charge in [-0.1, -0.05) is 41.9 Å². The van der Waals surface area contributed by atoms with Crippen molar-refractivity contribution in [2.75, 3.05) is 5.33 Å². The summed E-state index contributed by atoms with van der Waals surface area (Å²) in [4.78, 5) is 10.8. The molecule has 0 heterocycles. The number of hydrogen-bond donors (Lipinski definition) is 1. The molecule has 0 aromatic carbocycles. The van der Waals surface area contributed by atoms with E-state index in [0.29, 0.717) is 5.33 Å². The second-order valence-electron chi connectivity index (χ2n) is 2.32. The molecule has 3 heteroatoms. The smallest absolute Gasteiger partial charge is 0.235 e. The molecular formula is C10H16BrNO. The van der Waals surface area contributed by atoms with Crippen molar-refractivity contribution in [2.24, 2.45) is 0 Å². The van der Waals surface area contributed by atoms with E-state index in [2.05, 4.69) is 27.3 Å². The first-order valence-corrected chi connectivity index (χ1v) is 5.67. The normalized spacial score (nSPS) is 13.9. The average Bonchev–Trinajstić information content (AvgIpc) is 2.22. The van der Waals surface area contributed by atoms with E-state index in [1.807, 2.05) is 26.0 Å². The lowest BCUT2D eigenvalue weighted by molar-refractivity contribution is -0.117. The molecule has 0 spiro atoms. The highest BCUT2D eigenvalue weighted by Gasteiger charge is 2.00. The Hall–Kier alpha value is -0.570. The molecule has 0 radical (unpaired) electrons.